The Labute approximate surface area is 152 Å². The van der Waals surface area contributed by atoms with Crippen LogP contribution in [0.5, 0.6) is 5.75 Å². The van der Waals surface area contributed by atoms with Gasteiger partial charge in [0, 0.05) is 12.7 Å². The van der Waals surface area contributed by atoms with Crippen LogP contribution in [0, 0.1) is 5.82 Å². The highest BCUT2D eigenvalue weighted by Crippen LogP contribution is 2.22. The molecule has 0 aliphatic heterocycles. The molecular formula is C18H21FN2O4S. The van der Waals surface area contributed by atoms with Crippen LogP contribution in [-0.4, -0.2) is 33.7 Å². The average molecular weight is 380 g/mol. The molecule has 8 heteroatoms. The van der Waals surface area contributed by atoms with Crippen molar-refractivity contribution in [3.8, 4) is 5.75 Å². The van der Waals surface area contributed by atoms with Crippen molar-refractivity contribution in [1.82, 2.24) is 0 Å². The summed E-state index contributed by atoms with van der Waals surface area (Å²) >= 11 is 0. The highest BCUT2D eigenvalue weighted by molar-refractivity contribution is 7.92. The molecule has 0 unspecified atom stereocenters. The molecule has 0 aliphatic carbocycles. The van der Waals surface area contributed by atoms with Crippen LogP contribution in [0.15, 0.2) is 48.5 Å². The van der Waals surface area contributed by atoms with Gasteiger partial charge in [-0.05, 0) is 55.0 Å². The molecular weight excluding hydrogens is 359 g/mol. The lowest BCUT2D eigenvalue weighted by molar-refractivity contribution is -0.122. The molecule has 6 nitrogen and oxygen atoms in total. The van der Waals surface area contributed by atoms with Gasteiger partial charge in [0.15, 0.2) is 6.10 Å². The molecule has 0 heterocycles. The Hall–Kier alpha value is -2.61. The van der Waals surface area contributed by atoms with Gasteiger partial charge in [0.1, 0.15) is 11.6 Å². The van der Waals surface area contributed by atoms with E-state index in [0.29, 0.717) is 23.5 Å². The number of benzene rings is 2. The highest BCUT2D eigenvalue weighted by atomic mass is 32.2. The van der Waals surface area contributed by atoms with Gasteiger partial charge in [-0.2, -0.15) is 0 Å². The maximum absolute atomic E-state index is 12.9. The lowest BCUT2D eigenvalue weighted by Gasteiger charge is -2.19. The number of anilines is 2. The van der Waals surface area contributed by atoms with Crippen LogP contribution in [-0.2, 0) is 14.8 Å². The van der Waals surface area contributed by atoms with E-state index in [1.807, 2.05) is 0 Å². The fraction of sp³-hybridized carbons (Fsp3) is 0.278. The van der Waals surface area contributed by atoms with E-state index in [-0.39, 0.29) is 11.7 Å². The van der Waals surface area contributed by atoms with Gasteiger partial charge in [-0.25, -0.2) is 12.8 Å². The van der Waals surface area contributed by atoms with Gasteiger partial charge in [-0.3, -0.25) is 9.10 Å². The number of hydrogen-bond donors (Lipinski definition) is 1. The maximum atomic E-state index is 12.9. The number of halogens is 1. The molecule has 0 saturated heterocycles. The minimum absolute atomic E-state index is 0.351. The second kappa shape index (κ2) is 8.18. The summed E-state index contributed by atoms with van der Waals surface area (Å²) in [6, 6.07) is 11.9. The Morgan fingerprint density at radius 3 is 2.23 bits per heavy atom. The first-order valence-corrected chi connectivity index (χ1v) is 9.82. The third-order valence-electron chi connectivity index (χ3n) is 3.75. The number of carbonyl (C=O) groups excluding carboxylic acids is 1. The first-order chi connectivity index (χ1) is 12.2. The van der Waals surface area contributed by atoms with Crippen molar-refractivity contribution in [3.63, 3.8) is 0 Å². The summed E-state index contributed by atoms with van der Waals surface area (Å²) in [6.07, 6.45) is 0.807. The smallest absolute Gasteiger partial charge is 0.265 e. The van der Waals surface area contributed by atoms with E-state index in [0.717, 1.165) is 10.6 Å². The zero-order valence-electron chi connectivity index (χ0n) is 14.8. The van der Waals surface area contributed by atoms with Gasteiger partial charge < -0.3 is 10.1 Å². The molecule has 1 N–H and O–H groups in total. The average Bonchev–Trinajstić information content (AvgIpc) is 2.60. The molecule has 2 aromatic rings. The summed E-state index contributed by atoms with van der Waals surface area (Å²) in [5.74, 6) is -0.293. The van der Waals surface area contributed by atoms with E-state index in [2.05, 4.69) is 5.32 Å². The van der Waals surface area contributed by atoms with E-state index < -0.39 is 16.1 Å². The summed E-state index contributed by atoms with van der Waals surface area (Å²) in [5.41, 5.74) is 0.965. The summed E-state index contributed by atoms with van der Waals surface area (Å²) in [7, 11) is -1.89. The van der Waals surface area contributed by atoms with Crippen molar-refractivity contribution in [2.45, 2.75) is 19.4 Å². The molecule has 140 valence electrons. The molecule has 2 rings (SSSR count). The van der Waals surface area contributed by atoms with Crippen LogP contribution < -0.4 is 14.4 Å². The number of carbonyl (C=O) groups is 1. The summed E-state index contributed by atoms with van der Waals surface area (Å²) in [5, 5.41) is 2.67. The minimum atomic E-state index is -3.35. The number of nitrogens with zero attached hydrogens (tertiary/aromatic N) is 1. The molecule has 1 atom stereocenters. The molecule has 0 aromatic heterocycles. The molecule has 0 radical (unpaired) electrons. The second-order valence-electron chi connectivity index (χ2n) is 5.74. The number of hydrogen-bond acceptors (Lipinski definition) is 4. The topological polar surface area (TPSA) is 75.7 Å². The van der Waals surface area contributed by atoms with Crippen LogP contribution in [0.3, 0.4) is 0 Å². The van der Waals surface area contributed by atoms with E-state index in [4.69, 9.17) is 4.74 Å². The normalized spacial score (nSPS) is 12.3. The SMILES string of the molecule is CC[C@H](Oc1ccc(N(C)S(C)(=O)=O)cc1)C(=O)Nc1ccc(F)cc1. The summed E-state index contributed by atoms with van der Waals surface area (Å²) in [4.78, 5) is 12.3. The van der Waals surface area contributed by atoms with Crippen LogP contribution in [0.2, 0.25) is 0 Å². The number of ether oxygens (including phenoxy) is 1. The van der Waals surface area contributed by atoms with Crippen LogP contribution in [0.4, 0.5) is 15.8 Å². The fourth-order valence-corrected chi connectivity index (χ4v) is 2.67. The quantitative estimate of drug-likeness (QED) is 0.801. The summed E-state index contributed by atoms with van der Waals surface area (Å²) < 4.78 is 42.8. The Morgan fingerprint density at radius 1 is 1.15 bits per heavy atom. The van der Waals surface area contributed by atoms with Crippen molar-refractivity contribution < 1.29 is 22.3 Å². The molecule has 26 heavy (non-hydrogen) atoms. The van der Waals surface area contributed by atoms with Crippen molar-refractivity contribution in [3.05, 3.63) is 54.3 Å². The Morgan fingerprint density at radius 2 is 1.73 bits per heavy atom. The largest absolute Gasteiger partial charge is 0.481 e. The lowest BCUT2D eigenvalue weighted by atomic mass is 10.2. The van der Waals surface area contributed by atoms with Gasteiger partial charge >= 0.3 is 0 Å². The van der Waals surface area contributed by atoms with E-state index >= 15 is 0 Å². The monoisotopic (exact) mass is 380 g/mol. The third-order valence-corrected chi connectivity index (χ3v) is 4.96. The summed E-state index contributed by atoms with van der Waals surface area (Å²) in [6.45, 7) is 1.81. The Bertz CT molecular complexity index is 852. The van der Waals surface area contributed by atoms with Crippen molar-refractivity contribution in [2.75, 3.05) is 22.9 Å². The van der Waals surface area contributed by atoms with Crippen LogP contribution in [0.1, 0.15) is 13.3 Å². The zero-order valence-corrected chi connectivity index (χ0v) is 15.6. The molecule has 0 aliphatic rings. The van der Waals surface area contributed by atoms with E-state index in [1.54, 1.807) is 31.2 Å². The fourth-order valence-electron chi connectivity index (χ4n) is 2.17. The molecule has 0 saturated carbocycles. The lowest BCUT2D eigenvalue weighted by Crippen LogP contribution is -2.32. The first kappa shape index (κ1) is 19.7. The third kappa shape index (κ3) is 5.19. The van der Waals surface area contributed by atoms with Crippen molar-refractivity contribution >= 4 is 27.3 Å². The highest BCUT2D eigenvalue weighted by Gasteiger charge is 2.19. The van der Waals surface area contributed by atoms with Gasteiger partial charge in [0.25, 0.3) is 5.91 Å². The predicted molar refractivity (Wildman–Crippen MR) is 99.4 cm³/mol. The maximum Gasteiger partial charge on any atom is 0.265 e. The zero-order chi connectivity index (χ0) is 19.3. The van der Waals surface area contributed by atoms with E-state index in [1.165, 1.54) is 31.3 Å². The number of nitrogens with one attached hydrogen (secondary N) is 1. The second-order valence-corrected chi connectivity index (χ2v) is 7.75. The number of amides is 1. The van der Waals surface area contributed by atoms with Gasteiger partial charge in [-0.1, -0.05) is 6.92 Å². The number of sulfonamides is 1. The molecule has 0 spiro atoms. The number of rotatable bonds is 7. The van der Waals surface area contributed by atoms with Gasteiger partial charge in [0.05, 0.1) is 11.9 Å². The molecule has 2 aromatic carbocycles. The van der Waals surface area contributed by atoms with Crippen molar-refractivity contribution in [1.29, 1.82) is 0 Å². The van der Waals surface area contributed by atoms with Crippen LogP contribution in [0.25, 0.3) is 0 Å². The Balaban J connectivity index is 2.04. The van der Waals surface area contributed by atoms with Gasteiger partial charge in [-0.15, -0.1) is 0 Å². The first-order valence-electron chi connectivity index (χ1n) is 7.97. The van der Waals surface area contributed by atoms with Crippen LogP contribution >= 0.6 is 0 Å². The predicted octanol–water partition coefficient (Wildman–Crippen LogP) is 3.02. The van der Waals surface area contributed by atoms with Gasteiger partial charge in [0.2, 0.25) is 10.0 Å². The molecule has 0 bridgehead atoms. The Kier molecular flexibility index (Phi) is 6.20. The minimum Gasteiger partial charge on any atom is -0.481 e. The molecule has 1 amide bonds. The van der Waals surface area contributed by atoms with E-state index in [9.17, 15) is 17.6 Å². The molecule has 0 fully saturated rings. The van der Waals surface area contributed by atoms with Crippen molar-refractivity contribution in [2.24, 2.45) is 0 Å². The standard InChI is InChI=1S/C18H21FN2O4S/c1-4-17(18(22)20-14-7-5-13(19)6-8-14)25-16-11-9-15(10-12-16)21(2)26(3,23)24/h5-12,17H,4H2,1-3H3,(H,20,22)/t17-/m0/s1.